The third-order valence-electron chi connectivity index (χ3n) is 2.09. The van der Waals surface area contributed by atoms with Gasteiger partial charge in [0.1, 0.15) is 0 Å². The van der Waals surface area contributed by atoms with Gasteiger partial charge in [-0.2, -0.15) is 0 Å². The largest absolute Gasteiger partial charge is 0.0986 e. The Morgan fingerprint density at radius 1 is 0.846 bits per heavy atom. The van der Waals surface area contributed by atoms with Crippen LogP contribution in [0.4, 0.5) is 0 Å². The number of rotatable bonds is 2. The second-order valence-electron chi connectivity index (χ2n) is 6.13. The Bertz CT molecular complexity index is 136. The van der Waals surface area contributed by atoms with Crippen molar-refractivity contribution in [3.8, 4) is 0 Å². The minimum absolute atomic E-state index is 0.0694. The van der Waals surface area contributed by atoms with Gasteiger partial charge in [0.25, 0.3) is 0 Å². The molecule has 0 saturated heterocycles. The molecule has 2 heteroatoms. The summed E-state index contributed by atoms with van der Waals surface area (Å²) < 4.78 is 0. The van der Waals surface area contributed by atoms with Crippen LogP contribution in [0.5, 0.6) is 0 Å². The van der Waals surface area contributed by atoms with Gasteiger partial charge in [0.15, 0.2) is 0 Å². The molecule has 1 radical (unpaired) electrons. The first-order valence-corrected chi connectivity index (χ1v) is 9.35. The zero-order valence-corrected chi connectivity index (χ0v) is 12.5. The Morgan fingerprint density at radius 2 is 1.15 bits per heavy atom. The van der Waals surface area contributed by atoms with E-state index in [2.05, 4.69) is 54.6 Å². The summed E-state index contributed by atoms with van der Waals surface area (Å²) in [6.45, 7) is 19.4. The lowest BCUT2D eigenvalue weighted by Crippen LogP contribution is -2.29. The average Bonchev–Trinajstić information content (AvgIpc) is 1.77. The van der Waals surface area contributed by atoms with Gasteiger partial charge in [-0.25, -0.2) is 0 Å². The smallest absolute Gasteiger partial charge is 0.0459 e. The van der Waals surface area contributed by atoms with Crippen molar-refractivity contribution in [2.75, 3.05) is 5.79 Å². The normalized spacial score (nSPS) is 14.3. The fourth-order valence-corrected chi connectivity index (χ4v) is 10.1. The molecule has 0 aliphatic rings. The van der Waals surface area contributed by atoms with Gasteiger partial charge in [-0.1, -0.05) is 62.6 Å². The standard InChI is InChI=1S/C11H26PSi/c1-10(2,3)12(9-13(7)8)11(4,5)6/h9H2,1-8H3. The highest BCUT2D eigenvalue weighted by Crippen LogP contribution is 2.59. The zero-order chi connectivity index (χ0) is 10.9. The van der Waals surface area contributed by atoms with Crippen molar-refractivity contribution in [3.05, 3.63) is 0 Å². The summed E-state index contributed by atoms with van der Waals surface area (Å²) in [5.74, 6) is 1.51. The molecule has 0 amide bonds. The van der Waals surface area contributed by atoms with Crippen molar-refractivity contribution >= 4 is 16.7 Å². The monoisotopic (exact) mass is 217 g/mol. The molecule has 0 bridgehead atoms. The molecule has 0 nitrogen and oxygen atoms in total. The molecule has 0 atom stereocenters. The summed E-state index contributed by atoms with van der Waals surface area (Å²) >= 11 is 0. The van der Waals surface area contributed by atoms with Crippen molar-refractivity contribution in [2.45, 2.75) is 64.9 Å². The van der Waals surface area contributed by atoms with Crippen LogP contribution in [0.3, 0.4) is 0 Å². The van der Waals surface area contributed by atoms with Crippen LogP contribution in [-0.4, -0.2) is 24.9 Å². The van der Waals surface area contributed by atoms with E-state index in [-0.39, 0.29) is 16.7 Å². The minimum Gasteiger partial charge on any atom is -0.0986 e. The summed E-state index contributed by atoms with van der Waals surface area (Å²) in [7, 11) is 0.0937. The highest BCUT2D eigenvalue weighted by molar-refractivity contribution is 7.62. The molecule has 0 fully saturated rings. The molecular weight excluding hydrogens is 191 g/mol. The van der Waals surface area contributed by atoms with E-state index in [4.69, 9.17) is 0 Å². The van der Waals surface area contributed by atoms with Gasteiger partial charge >= 0.3 is 0 Å². The topological polar surface area (TPSA) is 0 Å². The molecule has 0 rings (SSSR count). The molecule has 0 aliphatic carbocycles. The lowest BCUT2D eigenvalue weighted by Gasteiger charge is -2.42. The van der Waals surface area contributed by atoms with Crippen LogP contribution in [0.25, 0.3) is 0 Å². The van der Waals surface area contributed by atoms with Crippen molar-refractivity contribution in [2.24, 2.45) is 0 Å². The maximum atomic E-state index is 2.44. The van der Waals surface area contributed by atoms with Gasteiger partial charge in [0, 0.05) is 8.80 Å². The molecule has 0 aromatic rings. The van der Waals surface area contributed by atoms with E-state index < -0.39 is 0 Å². The van der Waals surface area contributed by atoms with E-state index >= 15 is 0 Å². The summed E-state index contributed by atoms with van der Waals surface area (Å²) in [4.78, 5) is 0. The third-order valence-corrected chi connectivity index (χ3v) is 9.13. The molecular formula is C11H26PSi. The first kappa shape index (κ1) is 13.6. The average molecular weight is 217 g/mol. The quantitative estimate of drug-likeness (QED) is 0.476. The number of hydrogen-bond donors (Lipinski definition) is 0. The Kier molecular flexibility index (Phi) is 4.67. The molecule has 13 heavy (non-hydrogen) atoms. The zero-order valence-electron chi connectivity index (χ0n) is 10.7. The Balaban J connectivity index is 4.58. The molecule has 0 saturated carbocycles. The molecule has 0 spiro atoms. The lowest BCUT2D eigenvalue weighted by atomic mass is 10.2. The van der Waals surface area contributed by atoms with Gasteiger partial charge in [0.05, 0.1) is 0 Å². The van der Waals surface area contributed by atoms with Crippen LogP contribution in [0.1, 0.15) is 41.5 Å². The van der Waals surface area contributed by atoms with E-state index in [1.54, 1.807) is 0 Å². The summed E-state index contributed by atoms with van der Waals surface area (Å²) in [6, 6.07) is 0. The molecule has 0 heterocycles. The SMILES string of the molecule is C[Si](C)CP(C(C)(C)C)C(C)(C)C. The van der Waals surface area contributed by atoms with E-state index in [0.29, 0.717) is 10.3 Å². The van der Waals surface area contributed by atoms with Crippen molar-refractivity contribution in [1.82, 2.24) is 0 Å². The molecule has 0 aliphatic heterocycles. The summed E-state index contributed by atoms with van der Waals surface area (Å²) in [6.07, 6.45) is 0. The van der Waals surface area contributed by atoms with E-state index in [0.717, 1.165) is 0 Å². The van der Waals surface area contributed by atoms with Crippen molar-refractivity contribution < 1.29 is 0 Å². The van der Waals surface area contributed by atoms with Crippen LogP contribution in [0.15, 0.2) is 0 Å². The molecule has 0 unspecified atom stereocenters. The molecule has 0 N–H and O–H groups in total. The highest BCUT2D eigenvalue weighted by Gasteiger charge is 2.34. The van der Waals surface area contributed by atoms with Crippen LogP contribution < -0.4 is 0 Å². The lowest BCUT2D eigenvalue weighted by molar-refractivity contribution is 0.709. The Morgan fingerprint density at radius 3 is 1.23 bits per heavy atom. The fourth-order valence-electron chi connectivity index (χ4n) is 1.80. The van der Waals surface area contributed by atoms with Crippen molar-refractivity contribution in [3.63, 3.8) is 0 Å². The summed E-state index contributed by atoms with van der Waals surface area (Å²) in [5, 5.41) is 1.05. The van der Waals surface area contributed by atoms with Crippen molar-refractivity contribution in [1.29, 1.82) is 0 Å². The van der Waals surface area contributed by atoms with Gasteiger partial charge in [-0.05, 0) is 16.1 Å². The maximum absolute atomic E-state index is 2.44. The Labute approximate surface area is 87.9 Å². The maximum Gasteiger partial charge on any atom is 0.0459 e. The fraction of sp³-hybridized carbons (Fsp3) is 1.00. The molecule has 0 aromatic heterocycles. The highest BCUT2D eigenvalue weighted by atomic mass is 31.1. The van der Waals surface area contributed by atoms with E-state index in [9.17, 15) is 0 Å². The summed E-state index contributed by atoms with van der Waals surface area (Å²) in [5.41, 5.74) is 0. The van der Waals surface area contributed by atoms with Gasteiger partial charge in [0.2, 0.25) is 0 Å². The van der Waals surface area contributed by atoms with E-state index in [1.165, 1.54) is 5.79 Å². The van der Waals surface area contributed by atoms with Gasteiger partial charge in [-0.3, -0.25) is 0 Å². The first-order valence-electron chi connectivity index (χ1n) is 5.12. The predicted molar refractivity (Wildman–Crippen MR) is 68.8 cm³/mol. The number of hydrogen-bond acceptors (Lipinski definition) is 0. The van der Waals surface area contributed by atoms with Crippen LogP contribution in [0.2, 0.25) is 13.1 Å². The van der Waals surface area contributed by atoms with Gasteiger partial charge in [-0.15, -0.1) is 0 Å². The second kappa shape index (κ2) is 4.44. The predicted octanol–water partition coefficient (Wildman–Crippen LogP) is 4.36. The molecule has 0 aromatic carbocycles. The molecule has 79 valence electrons. The minimum atomic E-state index is -0.0694. The van der Waals surface area contributed by atoms with E-state index in [1.807, 2.05) is 0 Å². The first-order chi connectivity index (χ1) is 5.55. The van der Waals surface area contributed by atoms with Crippen LogP contribution >= 0.6 is 7.92 Å². The third kappa shape index (κ3) is 5.17. The van der Waals surface area contributed by atoms with Gasteiger partial charge < -0.3 is 0 Å². The Hall–Kier alpha value is 0.647. The van der Waals surface area contributed by atoms with Crippen LogP contribution in [0, 0.1) is 0 Å². The van der Waals surface area contributed by atoms with Crippen LogP contribution in [-0.2, 0) is 0 Å². The second-order valence-corrected chi connectivity index (χ2v) is 13.4.